The molecule has 1 saturated heterocycles. The number of nitrogens with one attached hydrogen (secondary N) is 2. The van der Waals surface area contributed by atoms with Crippen molar-refractivity contribution in [2.75, 3.05) is 19.6 Å². The Bertz CT molecular complexity index is 1100. The number of aliphatic imine (C=N–C) groups is 1. The lowest BCUT2D eigenvalue weighted by atomic mass is 9.97. The van der Waals surface area contributed by atoms with Crippen LogP contribution in [0.2, 0.25) is 0 Å². The van der Waals surface area contributed by atoms with Gasteiger partial charge in [0.1, 0.15) is 5.84 Å². The largest absolute Gasteiger partial charge is 0.384 e. The maximum atomic E-state index is 12.9. The van der Waals surface area contributed by atoms with Crippen molar-refractivity contribution in [3.63, 3.8) is 0 Å². The number of aromatic nitrogens is 1. The molecule has 1 aliphatic rings. The fourth-order valence-electron chi connectivity index (χ4n) is 4.10. The number of ketones is 1. The Hall–Kier alpha value is -3.80. The van der Waals surface area contributed by atoms with Crippen LogP contribution >= 0.6 is 11.3 Å². The van der Waals surface area contributed by atoms with Crippen LogP contribution in [0.4, 0.5) is 0 Å². The number of hydrogen-bond acceptors (Lipinski definition) is 7. The predicted octanol–water partition coefficient (Wildman–Crippen LogP) is 0.630. The number of nitrogens with zero attached hydrogens (tertiary/aromatic N) is 3. The molecule has 2 heterocycles. The molecule has 36 heavy (non-hydrogen) atoms. The van der Waals surface area contributed by atoms with Crippen LogP contribution < -0.4 is 22.5 Å². The Kier molecular flexibility index (Phi) is 9.51. The Balaban J connectivity index is 1.52. The molecule has 1 aliphatic heterocycles. The van der Waals surface area contributed by atoms with E-state index in [4.69, 9.17) is 22.6 Å². The quantitative estimate of drug-likeness (QED) is 0.112. The number of guanidine groups is 1. The number of hydrogen-bond donors (Lipinski definition) is 5. The molecule has 0 bridgehead atoms. The normalized spacial score (nSPS) is 15.9. The summed E-state index contributed by atoms with van der Waals surface area (Å²) in [6, 6.07) is 6.64. The number of thiazole rings is 1. The lowest BCUT2D eigenvalue weighted by Gasteiger charge is -2.20. The molecule has 192 valence electrons. The summed E-state index contributed by atoms with van der Waals surface area (Å²) >= 11 is 1.21. The van der Waals surface area contributed by atoms with Crippen LogP contribution in [0.25, 0.3) is 0 Å². The number of aryl methyl sites for hydroxylation is 1. The Morgan fingerprint density at radius 1 is 1.25 bits per heavy atom. The molecule has 0 saturated carbocycles. The van der Waals surface area contributed by atoms with E-state index in [1.54, 1.807) is 22.4 Å². The van der Waals surface area contributed by atoms with Crippen molar-refractivity contribution in [1.82, 2.24) is 15.2 Å². The van der Waals surface area contributed by atoms with E-state index in [9.17, 15) is 14.4 Å². The van der Waals surface area contributed by atoms with Gasteiger partial charge in [0, 0.05) is 36.1 Å². The molecule has 1 aromatic carbocycles. The van der Waals surface area contributed by atoms with Crippen molar-refractivity contribution in [1.29, 1.82) is 5.41 Å². The maximum absolute atomic E-state index is 12.9. The van der Waals surface area contributed by atoms with Crippen LogP contribution in [0.5, 0.6) is 0 Å². The van der Waals surface area contributed by atoms with E-state index >= 15 is 0 Å². The number of carbonyl (C=O) groups excluding carboxylic acids is 3. The van der Waals surface area contributed by atoms with Gasteiger partial charge in [0.2, 0.25) is 17.6 Å². The van der Waals surface area contributed by atoms with E-state index in [2.05, 4.69) is 15.3 Å². The monoisotopic (exact) mass is 512 g/mol. The summed E-state index contributed by atoms with van der Waals surface area (Å²) in [6.07, 6.45) is 4.45. The van der Waals surface area contributed by atoms with Crippen LogP contribution in [0.1, 0.15) is 46.6 Å². The molecule has 1 aromatic heterocycles. The van der Waals surface area contributed by atoms with E-state index < -0.39 is 6.04 Å². The molecule has 2 aromatic rings. The van der Waals surface area contributed by atoms with E-state index in [-0.39, 0.29) is 41.9 Å². The predicted molar refractivity (Wildman–Crippen MR) is 139 cm³/mol. The van der Waals surface area contributed by atoms with Gasteiger partial charge in [-0.15, -0.1) is 11.3 Å². The zero-order valence-electron chi connectivity index (χ0n) is 20.0. The van der Waals surface area contributed by atoms with Gasteiger partial charge in [-0.3, -0.25) is 24.8 Å². The number of amides is 2. The van der Waals surface area contributed by atoms with Gasteiger partial charge in [-0.05, 0) is 37.7 Å². The van der Waals surface area contributed by atoms with Crippen molar-refractivity contribution in [2.45, 2.75) is 38.1 Å². The van der Waals surface area contributed by atoms with Crippen LogP contribution in [0, 0.1) is 11.3 Å². The molecule has 8 N–H and O–H groups in total. The molecule has 12 heteroatoms. The Morgan fingerprint density at radius 2 is 2.00 bits per heavy atom. The molecule has 1 unspecified atom stereocenters. The minimum absolute atomic E-state index is 0.0193. The van der Waals surface area contributed by atoms with E-state index in [0.717, 1.165) is 12.0 Å². The summed E-state index contributed by atoms with van der Waals surface area (Å²) in [5.41, 5.74) is 17.9. The lowest BCUT2D eigenvalue weighted by Crippen LogP contribution is -2.46. The van der Waals surface area contributed by atoms with Crippen LogP contribution in [-0.2, 0) is 16.0 Å². The zero-order valence-corrected chi connectivity index (χ0v) is 20.8. The number of nitrogens with two attached hydrogens (primary N) is 3. The standard InChI is InChI=1S/C24H32N8O3S/c25-21(26)16-6-3-15(4-7-16)5-8-17-9-12-32(23(17)35)14-19(33)31-18(2-1-10-30-24(27)28)20(34)22-29-11-13-36-22/h3-4,6-7,11,13,17-18H,1-2,5,8-10,12,14H2,(H3,25,26)(H,31,33)(H4,27,28,30)/t17?,18-/m0/s1. The third kappa shape index (κ3) is 7.60. The highest BCUT2D eigenvalue weighted by molar-refractivity contribution is 7.11. The second-order valence-electron chi connectivity index (χ2n) is 8.67. The summed E-state index contributed by atoms with van der Waals surface area (Å²) in [5.74, 6) is -0.883. The summed E-state index contributed by atoms with van der Waals surface area (Å²) in [4.78, 5) is 48.0. The first-order valence-corrected chi connectivity index (χ1v) is 12.6. The molecule has 2 atom stereocenters. The lowest BCUT2D eigenvalue weighted by molar-refractivity contribution is -0.135. The third-order valence-corrected chi connectivity index (χ3v) is 6.82. The highest BCUT2D eigenvalue weighted by Crippen LogP contribution is 2.23. The smallest absolute Gasteiger partial charge is 0.240 e. The average molecular weight is 513 g/mol. The van der Waals surface area contributed by atoms with E-state index in [1.165, 1.54) is 17.5 Å². The second kappa shape index (κ2) is 12.8. The van der Waals surface area contributed by atoms with Crippen molar-refractivity contribution in [3.05, 3.63) is 52.0 Å². The molecule has 11 nitrogen and oxygen atoms in total. The van der Waals surface area contributed by atoms with Crippen molar-refractivity contribution >= 4 is 40.7 Å². The second-order valence-corrected chi connectivity index (χ2v) is 9.56. The number of Topliss-reactive ketones (excluding diaryl/α,β-unsaturated/α-hetero) is 1. The summed E-state index contributed by atoms with van der Waals surface area (Å²) < 4.78 is 0. The van der Waals surface area contributed by atoms with Gasteiger partial charge in [0.15, 0.2) is 11.0 Å². The number of nitrogen functional groups attached to an aromatic ring is 1. The van der Waals surface area contributed by atoms with E-state index in [0.29, 0.717) is 49.3 Å². The number of rotatable bonds is 13. The number of benzene rings is 1. The Morgan fingerprint density at radius 3 is 2.64 bits per heavy atom. The fraction of sp³-hybridized carbons (Fsp3) is 0.417. The van der Waals surface area contributed by atoms with Gasteiger partial charge >= 0.3 is 0 Å². The van der Waals surface area contributed by atoms with Crippen molar-refractivity contribution < 1.29 is 14.4 Å². The van der Waals surface area contributed by atoms with Gasteiger partial charge in [-0.1, -0.05) is 24.3 Å². The first-order valence-electron chi connectivity index (χ1n) is 11.7. The van der Waals surface area contributed by atoms with Gasteiger partial charge in [0.05, 0.1) is 12.6 Å². The Labute approximate surface area is 213 Å². The summed E-state index contributed by atoms with van der Waals surface area (Å²) in [6.45, 7) is 0.734. The molecule has 3 rings (SSSR count). The highest BCUT2D eigenvalue weighted by atomic mass is 32.1. The molecule has 1 fully saturated rings. The van der Waals surface area contributed by atoms with Crippen LogP contribution in [-0.4, -0.2) is 65.0 Å². The summed E-state index contributed by atoms with van der Waals surface area (Å²) in [5, 5.41) is 12.3. The molecule has 0 radical (unpaired) electrons. The first-order chi connectivity index (χ1) is 17.2. The molecular weight excluding hydrogens is 480 g/mol. The third-order valence-electron chi connectivity index (χ3n) is 6.03. The molecular formula is C24H32N8O3S. The topological polar surface area (TPSA) is 194 Å². The van der Waals surface area contributed by atoms with Crippen LogP contribution in [0.15, 0.2) is 40.8 Å². The zero-order chi connectivity index (χ0) is 26.1. The van der Waals surface area contributed by atoms with Gasteiger partial charge in [-0.25, -0.2) is 4.98 Å². The molecule has 2 amide bonds. The highest BCUT2D eigenvalue weighted by Gasteiger charge is 2.33. The minimum atomic E-state index is -0.774. The van der Waals surface area contributed by atoms with Crippen molar-refractivity contribution in [3.8, 4) is 0 Å². The van der Waals surface area contributed by atoms with Crippen molar-refractivity contribution in [2.24, 2.45) is 28.1 Å². The first kappa shape index (κ1) is 26.8. The SMILES string of the molecule is N=C(N)c1ccc(CCC2CCN(CC(=O)N[C@@H](CCCN=C(N)N)C(=O)c3nccs3)C2=O)cc1. The average Bonchev–Trinajstić information content (AvgIpc) is 3.50. The van der Waals surface area contributed by atoms with Gasteiger partial charge < -0.3 is 27.4 Å². The number of likely N-dealkylation sites (tertiary alicyclic amines) is 1. The van der Waals surface area contributed by atoms with Gasteiger partial charge in [-0.2, -0.15) is 0 Å². The van der Waals surface area contributed by atoms with Gasteiger partial charge in [0.25, 0.3) is 0 Å². The van der Waals surface area contributed by atoms with E-state index in [1.807, 2.05) is 12.1 Å². The summed E-state index contributed by atoms with van der Waals surface area (Å²) in [7, 11) is 0. The molecule has 0 aliphatic carbocycles. The number of amidine groups is 1. The van der Waals surface area contributed by atoms with Crippen LogP contribution in [0.3, 0.4) is 0 Å². The molecule has 0 spiro atoms. The maximum Gasteiger partial charge on any atom is 0.240 e. The minimum Gasteiger partial charge on any atom is -0.384 e. The number of carbonyl (C=O) groups is 3. The fourth-order valence-corrected chi connectivity index (χ4v) is 4.73.